The van der Waals surface area contributed by atoms with Crippen molar-refractivity contribution in [3.8, 4) is 0 Å². The number of hydrogen-bond donors (Lipinski definition) is 5. The maximum Gasteiger partial charge on any atom is 0.303 e. The molecule has 2 aromatic carbocycles. The van der Waals surface area contributed by atoms with Gasteiger partial charge < -0.3 is 26.4 Å². The van der Waals surface area contributed by atoms with Crippen LogP contribution < -0.4 is 21.3 Å². The number of nitrogens with zero attached hydrogens (tertiary/aromatic N) is 1. The van der Waals surface area contributed by atoms with Crippen LogP contribution in [0.3, 0.4) is 0 Å². The molecule has 33 heavy (non-hydrogen) atoms. The Morgan fingerprint density at radius 1 is 1.06 bits per heavy atom. The minimum Gasteiger partial charge on any atom is -0.481 e. The molecule has 0 aromatic heterocycles. The first kappa shape index (κ1) is 25.4. The molecule has 0 heterocycles. The Hall–Kier alpha value is -3.88. The van der Waals surface area contributed by atoms with Crippen molar-refractivity contribution in [2.45, 2.75) is 46.6 Å². The highest BCUT2D eigenvalue weighted by atomic mass is 16.4. The number of nitrogens with one attached hydrogen (secondary N) is 3. The van der Waals surface area contributed by atoms with E-state index in [1.54, 1.807) is 29.2 Å². The summed E-state index contributed by atoms with van der Waals surface area (Å²) in [4.78, 5) is 37.6. The van der Waals surface area contributed by atoms with E-state index in [1.165, 1.54) is 0 Å². The number of nitrogen functional groups attached to an aromatic ring is 1. The number of benzene rings is 2. The van der Waals surface area contributed by atoms with Gasteiger partial charge in [0.1, 0.15) is 5.84 Å². The lowest BCUT2D eigenvalue weighted by molar-refractivity contribution is -0.138. The lowest BCUT2D eigenvalue weighted by Crippen LogP contribution is -2.37. The van der Waals surface area contributed by atoms with E-state index in [4.69, 9.17) is 16.2 Å². The Kier molecular flexibility index (Phi) is 8.56. The Balaban J connectivity index is 2.10. The van der Waals surface area contributed by atoms with E-state index in [2.05, 4.69) is 10.6 Å². The standard InChI is InChI=1S/C24H31N5O4/c1-14(2)29(22(31)9-10-23(32)33)20-12-15(3)19(11-16(20)4)28-21(30)13-27-18-7-5-17(6-8-18)24(25)26/h5-8,11-12,14,27H,9-10,13H2,1-4H3,(H3,25,26)(H,28,30)(H,32,33). The number of amidine groups is 1. The molecule has 2 aromatic rings. The number of rotatable bonds is 10. The van der Waals surface area contributed by atoms with Crippen molar-refractivity contribution in [2.24, 2.45) is 5.73 Å². The summed E-state index contributed by atoms with van der Waals surface area (Å²) in [5.74, 6) is -1.53. The van der Waals surface area contributed by atoms with Gasteiger partial charge in [-0.25, -0.2) is 0 Å². The number of aliphatic carboxylic acids is 1. The molecule has 0 unspecified atom stereocenters. The maximum absolute atomic E-state index is 12.7. The quantitative estimate of drug-likeness (QED) is 0.275. The van der Waals surface area contributed by atoms with Crippen LogP contribution in [0.5, 0.6) is 0 Å². The van der Waals surface area contributed by atoms with Gasteiger partial charge in [0, 0.05) is 35.1 Å². The lowest BCUT2D eigenvalue weighted by Gasteiger charge is -2.29. The van der Waals surface area contributed by atoms with Crippen LogP contribution in [0.25, 0.3) is 0 Å². The summed E-state index contributed by atoms with van der Waals surface area (Å²) >= 11 is 0. The van der Waals surface area contributed by atoms with Gasteiger partial charge in [0.05, 0.1) is 13.0 Å². The molecule has 6 N–H and O–H groups in total. The predicted octanol–water partition coefficient (Wildman–Crippen LogP) is 3.24. The molecule has 0 aliphatic heterocycles. The first-order valence-corrected chi connectivity index (χ1v) is 10.6. The predicted molar refractivity (Wildman–Crippen MR) is 130 cm³/mol. The zero-order valence-electron chi connectivity index (χ0n) is 19.4. The number of carbonyl (C=O) groups excluding carboxylic acids is 2. The van der Waals surface area contributed by atoms with Crippen LogP contribution in [0.2, 0.25) is 0 Å². The third-order valence-corrected chi connectivity index (χ3v) is 5.06. The zero-order valence-corrected chi connectivity index (χ0v) is 19.4. The van der Waals surface area contributed by atoms with E-state index >= 15 is 0 Å². The molecule has 176 valence electrons. The highest BCUT2D eigenvalue weighted by Crippen LogP contribution is 2.29. The molecule has 0 bridgehead atoms. The fourth-order valence-electron chi connectivity index (χ4n) is 3.37. The third-order valence-electron chi connectivity index (χ3n) is 5.06. The number of carboxylic acid groups (broad SMARTS) is 1. The maximum atomic E-state index is 12.7. The molecule has 0 spiro atoms. The average Bonchev–Trinajstić information content (AvgIpc) is 2.74. The number of anilines is 3. The van der Waals surface area contributed by atoms with Gasteiger partial charge in [-0.15, -0.1) is 0 Å². The van der Waals surface area contributed by atoms with Gasteiger partial charge >= 0.3 is 5.97 Å². The first-order valence-electron chi connectivity index (χ1n) is 10.6. The zero-order chi connectivity index (χ0) is 24.7. The van der Waals surface area contributed by atoms with Crippen molar-refractivity contribution in [1.82, 2.24) is 0 Å². The van der Waals surface area contributed by atoms with Gasteiger partial charge in [-0.1, -0.05) is 0 Å². The smallest absolute Gasteiger partial charge is 0.303 e. The summed E-state index contributed by atoms with van der Waals surface area (Å²) in [5, 5.41) is 22.2. The molecular weight excluding hydrogens is 422 g/mol. The second-order valence-corrected chi connectivity index (χ2v) is 8.10. The second-order valence-electron chi connectivity index (χ2n) is 8.10. The summed E-state index contributed by atoms with van der Waals surface area (Å²) in [7, 11) is 0. The van der Waals surface area contributed by atoms with Crippen molar-refractivity contribution in [2.75, 3.05) is 22.1 Å². The molecule has 2 amide bonds. The van der Waals surface area contributed by atoms with Crippen LogP contribution >= 0.6 is 0 Å². The van der Waals surface area contributed by atoms with Crippen molar-refractivity contribution >= 4 is 40.7 Å². The van der Waals surface area contributed by atoms with Crippen LogP contribution in [0.1, 0.15) is 43.4 Å². The molecule has 0 aliphatic carbocycles. The van der Waals surface area contributed by atoms with Gasteiger partial charge in [-0.05, 0) is 75.2 Å². The van der Waals surface area contributed by atoms with Gasteiger partial charge in [-0.2, -0.15) is 0 Å². The van der Waals surface area contributed by atoms with Crippen LogP contribution in [0, 0.1) is 19.3 Å². The molecular formula is C24H31N5O4. The Morgan fingerprint density at radius 3 is 2.24 bits per heavy atom. The van der Waals surface area contributed by atoms with E-state index in [-0.39, 0.29) is 43.1 Å². The fraction of sp³-hybridized carbons (Fsp3) is 0.333. The van der Waals surface area contributed by atoms with Gasteiger partial charge in [0.2, 0.25) is 11.8 Å². The number of nitrogens with two attached hydrogens (primary N) is 1. The largest absolute Gasteiger partial charge is 0.481 e. The van der Waals surface area contributed by atoms with Crippen molar-refractivity contribution < 1.29 is 19.5 Å². The Labute approximate surface area is 193 Å². The van der Waals surface area contributed by atoms with Crippen LogP contribution in [0.15, 0.2) is 36.4 Å². The topological polar surface area (TPSA) is 149 Å². The van der Waals surface area contributed by atoms with Crippen LogP contribution in [-0.4, -0.2) is 41.3 Å². The lowest BCUT2D eigenvalue weighted by atomic mass is 10.0. The number of carboxylic acids is 1. The summed E-state index contributed by atoms with van der Waals surface area (Å²) in [6.45, 7) is 7.48. The molecule has 0 radical (unpaired) electrons. The van der Waals surface area contributed by atoms with Gasteiger partial charge in [0.25, 0.3) is 0 Å². The first-order chi connectivity index (χ1) is 15.5. The van der Waals surface area contributed by atoms with Crippen LogP contribution in [0.4, 0.5) is 17.1 Å². The summed E-state index contributed by atoms with van der Waals surface area (Å²) in [6, 6.07) is 10.4. The van der Waals surface area contributed by atoms with Gasteiger partial charge in [-0.3, -0.25) is 19.8 Å². The average molecular weight is 454 g/mol. The van der Waals surface area contributed by atoms with Crippen molar-refractivity contribution in [3.05, 3.63) is 53.1 Å². The molecule has 0 fully saturated rings. The van der Waals surface area contributed by atoms with Crippen molar-refractivity contribution in [1.29, 1.82) is 5.41 Å². The van der Waals surface area contributed by atoms with E-state index in [1.807, 2.05) is 39.8 Å². The molecule has 0 saturated heterocycles. The summed E-state index contributed by atoms with van der Waals surface area (Å²) < 4.78 is 0. The highest BCUT2D eigenvalue weighted by Gasteiger charge is 2.22. The normalized spacial score (nSPS) is 10.6. The number of aryl methyl sites for hydroxylation is 2. The van der Waals surface area contributed by atoms with E-state index in [9.17, 15) is 14.4 Å². The fourth-order valence-corrected chi connectivity index (χ4v) is 3.37. The minimum atomic E-state index is -1.01. The molecule has 0 aliphatic rings. The second kappa shape index (κ2) is 11.1. The third kappa shape index (κ3) is 7.06. The molecule has 0 atom stereocenters. The Bertz CT molecular complexity index is 1050. The Morgan fingerprint density at radius 2 is 1.70 bits per heavy atom. The molecule has 9 nitrogen and oxygen atoms in total. The van der Waals surface area contributed by atoms with E-state index in [0.29, 0.717) is 16.9 Å². The van der Waals surface area contributed by atoms with Crippen molar-refractivity contribution in [3.63, 3.8) is 0 Å². The molecule has 9 heteroatoms. The van der Waals surface area contributed by atoms with Crippen LogP contribution in [-0.2, 0) is 14.4 Å². The van der Waals surface area contributed by atoms with E-state index in [0.717, 1.165) is 16.8 Å². The SMILES string of the molecule is Cc1cc(N(C(=O)CCC(=O)O)C(C)C)c(C)cc1NC(=O)CNc1ccc(C(=N)N)cc1. The summed E-state index contributed by atoms with van der Waals surface area (Å²) in [5.41, 5.74) is 9.68. The van der Waals surface area contributed by atoms with Gasteiger partial charge in [0.15, 0.2) is 0 Å². The summed E-state index contributed by atoms with van der Waals surface area (Å²) in [6.07, 6.45) is -0.303. The number of hydrogen-bond acceptors (Lipinski definition) is 5. The molecule has 0 saturated carbocycles. The monoisotopic (exact) mass is 453 g/mol. The molecule has 2 rings (SSSR count). The highest BCUT2D eigenvalue weighted by molar-refractivity contribution is 5.98. The number of carbonyl (C=O) groups is 3. The van der Waals surface area contributed by atoms with E-state index < -0.39 is 5.97 Å². The minimum absolute atomic E-state index is 0.0202. The number of amides is 2.